The van der Waals surface area contributed by atoms with Crippen LogP contribution in [0.4, 0.5) is 16.0 Å². The number of halogens is 1. The van der Waals surface area contributed by atoms with Crippen LogP contribution in [0.5, 0.6) is 0 Å². The molecule has 0 aliphatic heterocycles. The zero-order valence-corrected chi connectivity index (χ0v) is 11.1. The van der Waals surface area contributed by atoms with E-state index in [1.165, 1.54) is 12.1 Å². The Bertz CT molecular complexity index is 527. The van der Waals surface area contributed by atoms with Crippen molar-refractivity contribution in [3.8, 4) is 0 Å². The highest BCUT2D eigenvalue weighted by atomic mass is 19.1. The van der Waals surface area contributed by atoms with Crippen molar-refractivity contribution in [1.29, 1.82) is 0 Å². The average Bonchev–Trinajstić information content (AvgIpc) is 2.45. The number of rotatable bonds is 5. The molecule has 0 bridgehead atoms. The molecule has 0 unspecified atom stereocenters. The minimum absolute atomic E-state index is 0.270. The van der Waals surface area contributed by atoms with Crippen molar-refractivity contribution in [2.45, 2.75) is 13.5 Å². The van der Waals surface area contributed by atoms with Gasteiger partial charge in [-0.1, -0.05) is 13.0 Å². The first-order chi connectivity index (χ1) is 9.20. The molecule has 2 rings (SSSR count). The first kappa shape index (κ1) is 13.4. The summed E-state index contributed by atoms with van der Waals surface area (Å²) in [5, 5.41) is 3.21. The van der Waals surface area contributed by atoms with Crippen molar-refractivity contribution in [1.82, 2.24) is 15.3 Å². The van der Waals surface area contributed by atoms with E-state index in [2.05, 4.69) is 15.3 Å². The number of hydrogen-bond donors (Lipinski definition) is 1. The average molecular weight is 260 g/mol. The Kier molecular flexibility index (Phi) is 4.41. The third-order valence-electron chi connectivity index (χ3n) is 2.77. The molecule has 1 aromatic heterocycles. The molecule has 1 aromatic carbocycles. The summed E-state index contributed by atoms with van der Waals surface area (Å²) in [6.07, 6.45) is 3.56. The highest BCUT2D eigenvalue weighted by Gasteiger charge is 2.07. The molecule has 19 heavy (non-hydrogen) atoms. The number of nitrogens with zero attached hydrogens (tertiary/aromatic N) is 3. The summed E-state index contributed by atoms with van der Waals surface area (Å²) < 4.78 is 13.2. The van der Waals surface area contributed by atoms with Crippen LogP contribution in [-0.2, 0) is 6.54 Å². The van der Waals surface area contributed by atoms with E-state index in [9.17, 15) is 4.39 Å². The zero-order valence-electron chi connectivity index (χ0n) is 11.1. The number of benzene rings is 1. The van der Waals surface area contributed by atoms with Crippen LogP contribution < -0.4 is 10.2 Å². The Hall–Kier alpha value is -2.01. The third kappa shape index (κ3) is 3.48. The second-order valence-corrected chi connectivity index (χ2v) is 4.21. The molecule has 1 N–H and O–H groups in total. The van der Waals surface area contributed by atoms with Crippen LogP contribution in [0.3, 0.4) is 0 Å². The van der Waals surface area contributed by atoms with Crippen LogP contribution in [0.25, 0.3) is 0 Å². The SMILES string of the molecule is CCNCc1cnc(N(C)c2cccc(F)c2)nc1. The highest BCUT2D eigenvalue weighted by molar-refractivity contribution is 5.55. The summed E-state index contributed by atoms with van der Waals surface area (Å²) in [5.41, 5.74) is 1.75. The number of anilines is 2. The van der Waals surface area contributed by atoms with Crippen LogP contribution in [0.1, 0.15) is 12.5 Å². The predicted molar refractivity (Wildman–Crippen MR) is 73.9 cm³/mol. The van der Waals surface area contributed by atoms with E-state index in [4.69, 9.17) is 0 Å². The molecule has 0 saturated heterocycles. The fourth-order valence-corrected chi connectivity index (χ4v) is 1.68. The van der Waals surface area contributed by atoms with E-state index in [0.717, 1.165) is 24.3 Å². The van der Waals surface area contributed by atoms with Crippen LogP contribution >= 0.6 is 0 Å². The Morgan fingerprint density at radius 2 is 2.00 bits per heavy atom. The van der Waals surface area contributed by atoms with Gasteiger partial charge in [-0.15, -0.1) is 0 Å². The molecule has 0 aliphatic carbocycles. The lowest BCUT2D eigenvalue weighted by atomic mass is 10.3. The maximum Gasteiger partial charge on any atom is 0.229 e. The van der Waals surface area contributed by atoms with E-state index in [1.807, 2.05) is 20.0 Å². The first-order valence-corrected chi connectivity index (χ1v) is 6.21. The Labute approximate surface area is 112 Å². The maximum atomic E-state index is 13.2. The topological polar surface area (TPSA) is 41.1 Å². The van der Waals surface area contributed by atoms with Gasteiger partial charge in [0.15, 0.2) is 0 Å². The molecular weight excluding hydrogens is 243 g/mol. The lowest BCUT2D eigenvalue weighted by molar-refractivity contribution is 0.628. The van der Waals surface area contributed by atoms with E-state index in [1.54, 1.807) is 23.4 Å². The van der Waals surface area contributed by atoms with E-state index >= 15 is 0 Å². The fourth-order valence-electron chi connectivity index (χ4n) is 1.68. The summed E-state index contributed by atoms with van der Waals surface area (Å²) >= 11 is 0. The molecule has 4 nitrogen and oxygen atoms in total. The smallest absolute Gasteiger partial charge is 0.229 e. The number of hydrogen-bond acceptors (Lipinski definition) is 4. The van der Waals surface area contributed by atoms with E-state index in [0.29, 0.717) is 5.95 Å². The fraction of sp³-hybridized carbons (Fsp3) is 0.286. The quantitative estimate of drug-likeness (QED) is 0.896. The molecule has 0 atom stereocenters. The molecular formula is C14H17FN4. The molecule has 0 radical (unpaired) electrons. The van der Waals surface area contributed by atoms with Gasteiger partial charge in [0.2, 0.25) is 5.95 Å². The van der Waals surface area contributed by atoms with Crippen molar-refractivity contribution < 1.29 is 4.39 Å². The molecule has 0 amide bonds. The summed E-state index contributed by atoms with van der Waals surface area (Å²) in [4.78, 5) is 10.3. The van der Waals surface area contributed by atoms with Gasteiger partial charge in [-0.3, -0.25) is 0 Å². The molecule has 5 heteroatoms. The lowest BCUT2D eigenvalue weighted by Gasteiger charge is -2.17. The van der Waals surface area contributed by atoms with Gasteiger partial charge < -0.3 is 10.2 Å². The second-order valence-electron chi connectivity index (χ2n) is 4.21. The van der Waals surface area contributed by atoms with Gasteiger partial charge in [0, 0.05) is 37.2 Å². The minimum atomic E-state index is -0.270. The van der Waals surface area contributed by atoms with Gasteiger partial charge in [0.25, 0.3) is 0 Å². The van der Waals surface area contributed by atoms with Gasteiger partial charge >= 0.3 is 0 Å². The van der Waals surface area contributed by atoms with Crippen molar-refractivity contribution in [2.75, 3.05) is 18.5 Å². The molecule has 1 heterocycles. The molecule has 2 aromatic rings. The van der Waals surface area contributed by atoms with Gasteiger partial charge in [-0.2, -0.15) is 0 Å². The minimum Gasteiger partial charge on any atom is -0.314 e. The van der Waals surface area contributed by atoms with Crippen molar-refractivity contribution in [2.24, 2.45) is 0 Å². The Morgan fingerprint density at radius 1 is 1.26 bits per heavy atom. The van der Waals surface area contributed by atoms with Crippen LogP contribution in [0.15, 0.2) is 36.7 Å². The van der Waals surface area contributed by atoms with Crippen LogP contribution in [-0.4, -0.2) is 23.6 Å². The molecule has 0 spiro atoms. The zero-order chi connectivity index (χ0) is 13.7. The van der Waals surface area contributed by atoms with Crippen molar-refractivity contribution >= 4 is 11.6 Å². The standard InChI is InChI=1S/C14H17FN4/c1-3-16-8-11-9-17-14(18-10-11)19(2)13-6-4-5-12(15)7-13/h4-7,9-10,16H,3,8H2,1-2H3. The maximum absolute atomic E-state index is 13.2. The predicted octanol–water partition coefficient (Wildman–Crippen LogP) is 2.49. The van der Waals surface area contributed by atoms with Gasteiger partial charge in [0.1, 0.15) is 5.82 Å². The molecule has 100 valence electrons. The summed E-state index contributed by atoms with van der Waals surface area (Å²) in [6.45, 7) is 3.71. The molecule has 0 saturated carbocycles. The molecule has 0 aliphatic rings. The second kappa shape index (κ2) is 6.24. The molecule has 0 fully saturated rings. The Morgan fingerprint density at radius 3 is 2.63 bits per heavy atom. The van der Waals surface area contributed by atoms with Crippen molar-refractivity contribution in [3.63, 3.8) is 0 Å². The van der Waals surface area contributed by atoms with Gasteiger partial charge in [-0.25, -0.2) is 14.4 Å². The van der Waals surface area contributed by atoms with Crippen molar-refractivity contribution in [3.05, 3.63) is 48.0 Å². The van der Waals surface area contributed by atoms with E-state index in [-0.39, 0.29) is 5.82 Å². The third-order valence-corrected chi connectivity index (χ3v) is 2.77. The monoisotopic (exact) mass is 260 g/mol. The number of nitrogens with one attached hydrogen (secondary N) is 1. The normalized spacial score (nSPS) is 10.5. The van der Waals surface area contributed by atoms with Gasteiger partial charge in [0.05, 0.1) is 0 Å². The Balaban J connectivity index is 2.13. The number of aromatic nitrogens is 2. The summed E-state index contributed by atoms with van der Waals surface area (Å²) in [5.74, 6) is 0.277. The summed E-state index contributed by atoms with van der Waals surface area (Å²) in [6, 6.07) is 6.35. The first-order valence-electron chi connectivity index (χ1n) is 6.21. The lowest BCUT2D eigenvalue weighted by Crippen LogP contribution is -2.15. The van der Waals surface area contributed by atoms with E-state index < -0.39 is 0 Å². The largest absolute Gasteiger partial charge is 0.314 e. The van der Waals surface area contributed by atoms with Crippen LogP contribution in [0, 0.1) is 5.82 Å². The highest BCUT2D eigenvalue weighted by Crippen LogP contribution is 2.20. The van der Waals surface area contributed by atoms with Crippen LogP contribution in [0.2, 0.25) is 0 Å². The summed E-state index contributed by atoms with van der Waals surface area (Å²) in [7, 11) is 1.81. The van der Waals surface area contributed by atoms with Gasteiger partial charge in [-0.05, 0) is 24.7 Å².